The van der Waals surface area contributed by atoms with Crippen molar-refractivity contribution < 1.29 is 4.79 Å². The van der Waals surface area contributed by atoms with Gasteiger partial charge in [0, 0.05) is 22.3 Å². The Morgan fingerprint density at radius 1 is 1.43 bits per heavy atom. The summed E-state index contributed by atoms with van der Waals surface area (Å²) in [6, 6.07) is 7.91. The summed E-state index contributed by atoms with van der Waals surface area (Å²) in [5.74, 6) is -0.0400. The number of aromatic amines is 1. The van der Waals surface area contributed by atoms with E-state index in [0.29, 0.717) is 0 Å². The number of fused-ring (bicyclic) bond motifs is 1. The Bertz CT molecular complexity index is 766. The fourth-order valence-corrected chi connectivity index (χ4v) is 3.64. The zero-order valence-electron chi connectivity index (χ0n) is 11.6. The average molecular weight is 318 g/mol. The average Bonchev–Trinajstić information content (AvgIpc) is 3.06. The van der Waals surface area contributed by atoms with Crippen LogP contribution in [0.1, 0.15) is 12.6 Å². The van der Waals surface area contributed by atoms with Crippen LogP contribution in [-0.4, -0.2) is 26.3 Å². The second-order valence-corrected chi connectivity index (χ2v) is 7.13. The van der Waals surface area contributed by atoms with E-state index in [0.717, 1.165) is 26.6 Å². The third-order valence-electron chi connectivity index (χ3n) is 3.01. The molecule has 0 radical (unpaired) electrons. The number of carbonyl (C=O) groups is 1. The molecule has 0 aliphatic heterocycles. The molecule has 0 fully saturated rings. The molecule has 1 aromatic carbocycles. The predicted molar refractivity (Wildman–Crippen MR) is 86.9 cm³/mol. The fourth-order valence-electron chi connectivity index (χ4n) is 2.02. The lowest BCUT2D eigenvalue weighted by molar-refractivity contribution is -0.115. The number of aryl methyl sites for hydroxylation is 1. The van der Waals surface area contributed by atoms with Crippen molar-refractivity contribution in [1.82, 2.24) is 15.2 Å². The molecule has 1 amide bonds. The van der Waals surface area contributed by atoms with Gasteiger partial charge in [-0.15, -0.1) is 10.2 Å². The minimum atomic E-state index is -0.221. The third kappa shape index (κ3) is 3.25. The van der Waals surface area contributed by atoms with Crippen molar-refractivity contribution in [2.45, 2.75) is 23.4 Å². The van der Waals surface area contributed by atoms with E-state index in [4.69, 9.17) is 0 Å². The minimum Gasteiger partial charge on any atom is -0.359 e. The highest BCUT2D eigenvalue weighted by Crippen LogP contribution is 2.26. The Hall–Kier alpha value is -1.86. The van der Waals surface area contributed by atoms with E-state index in [2.05, 4.69) is 26.6 Å². The summed E-state index contributed by atoms with van der Waals surface area (Å²) in [6.45, 7) is 3.87. The van der Waals surface area contributed by atoms with Crippen molar-refractivity contribution in [3.05, 3.63) is 35.5 Å². The molecule has 0 spiro atoms. The molecule has 0 unspecified atom stereocenters. The topological polar surface area (TPSA) is 70.7 Å². The molecule has 2 N–H and O–H groups in total. The van der Waals surface area contributed by atoms with Gasteiger partial charge in [-0.1, -0.05) is 23.1 Å². The van der Waals surface area contributed by atoms with Crippen molar-refractivity contribution >= 4 is 45.6 Å². The molecule has 5 nitrogen and oxygen atoms in total. The lowest BCUT2D eigenvalue weighted by atomic mass is 10.2. The smallest absolute Gasteiger partial charge is 0.237 e. The number of hydrogen-bond donors (Lipinski definition) is 2. The summed E-state index contributed by atoms with van der Waals surface area (Å²) in [7, 11) is 0. The van der Waals surface area contributed by atoms with E-state index in [-0.39, 0.29) is 11.2 Å². The summed E-state index contributed by atoms with van der Waals surface area (Å²) in [5, 5.41) is 11.5. The Morgan fingerprint density at radius 2 is 2.29 bits per heavy atom. The highest BCUT2D eigenvalue weighted by molar-refractivity contribution is 8.02. The second-order valence-electron chi connectivity index (χ2n) is 4.71. The number of anilines is 1. The first kappa shape index (κ1) is 14.1. The SMILES string of the molecule is Cc1cc2cc(NC(=O)[C@H](C)Sc3nncs3)ccc2[nH]1. The molecule has 7 heteroatoms. The second kappa shape index (κ2) is 5.87. The number of benzene rings is 1. The van der Waals surface area contributed by atoms with Crippen LogP contribution in [0.4, 0.5) is 5.69 Å². The number of nitrogens with one attached hydrogen (secondary N) is 2. The van der Waals surface area contributed by atoms with Crippen molar-refractivity contribution in [1.29, 1.82) is 0 Å². The van der Waals surface area contributed by atoms with Crippen molar-refractivity contribution in [2.75, 3.05) is 5.32 Å². The van der Waals surface area contributed by atoms with Crippen LogP contribution in [0.25, 0.3) is 10.9 Å². The van der Waals surface area contributed by atoms with Crippen LogP contribution in [0.3, 0.4) is 0 Å². The number of nitrogens with zero attached hydrogens (tertiary/aromatic N) is 2. The van der Waals surface area contributed by atoms with Crippen molar-refractivity contribution in [3.63, 3.8) is 0 Å². The first-order valence-electron chi connectivity index (χ1n) is 6.45. The first-order chi connectivity index (χ1) is 10.1. The van der Waals surface area contributed by atoms with Crippen LogP contribution in [-0.2, 0) is 4.79 Å². The molecule has 0 saturated heterocycles. The molecule has 0 aliphatic rings. The molecule has 3 aromatic rings. The van der Waals surface area contributed by atoms with E-state index in [1.165, 1.54) is 23.1 Å². The maximum Gasteiger partial charge on any atom is 0.237 e. The van der Waals surface area contributed by atoms with Crippen LogP contribution in [0.5, 0.6) is 0 Å². The van der Waals surface area contributed by atoms with Crippen LogP contribution in [0.2, 0.25) is 0 Å². The summed E-state index contributed by atoms with van der Waals surface area (Å²) < 4.78 is 0.800. The van der Waals surface area contributed by atoms with Crippen molar-refractivity contribution in [2.24, 2.45) is 0 Å². The van der Waals surface area contributed by atoms with Gasteiger partial charge in [0.25, 0.3) is 0 Å². The normalized spacial score (nSPS) is 12.5. The monoisotopic (exact) mass is 318 g/mol. The number of aromatic nitrogens is 3. The van der Waals surface area contributed by atoms with Gasteiger partial charge in [-0.25, -0.2) is 0 Å². The van der Waals surface area contributed by atoms with Gasteiger partial charge in [0.05, 0.1) is 5.25 Å². The van der Waals surface area contributed by atoms with E-state index >= 15 is 0 Å². The predicted octanol–water partition coefficient (Wildman–Crippen LogP) is 3.45. The summed E-state index contributed by atoms with van der Waals surface area (Å²) in [4.78, 5) is 15.5. The highest BCUT2D eigenvalue weighted by atomic mass is 32.2. The van der Waals surface area contributed by atoms with Crippen LogP contribution >= 0.6 is 23.1 Å². The number of carbonyl (C=O) groups excluding carboxylic acids is 1. The van der Waals surface area contributed by atoms with Gasteiger partial charge in [-0.05, 0) is 38.1 Å². The Morgan fingerprint density at radius 3 is 3.05 bits per heavy atom. The van der Waals surface area contributed by atoms with E-state index in [1.807, 2.05) is 32.0 Å². The van der Waals surface area contributed by atoms with Crippen molar-refractivity contribution in [3.8, 4) is 0 Å². The van der Waals surface area contributed by atoms with Gasteiger partial charge in [0.15, 0.2) is 4.34 Å². The largest absolute Gasteiger partial charge is 0.359 e. The Balaban J connectivity index is 1.70. The van der Waals surface area contributed by atoms with Crippen LogP contribution in [0.15, 0.2) is 34.1 Å². The first-order valence-corrected chi connectivity index (χ1v) is 8.21. The molecular weight excluding hydrogens is 304 g/mol. The van der Waals surface area contributed by atoms with E-state index < -0.39 is 0 Å². The molecule has 3 rings (SSSR count). The summed E-state index contributed by atoms with van der Waals surface area (Å²) in [6.07, 6.45) is 0. The quantitative estimate of drug-likeness (QED) is 0.723. The number of amides is 1. The molecule has 108 valence electrons. The number of hydrogen-bond acceptors (Lipinski definition) is 5. The number of thioether (sulfide) groups is 1. The van der Waals surface area contributed by atoms with Gasteiger partial charge in [-0.3, -0.25) is 4.79 Å². The summed E-state index contributed by atoms with van der Waals surface area (Å²) >= 11 is 2.85. The van der Waals surface area contributed by atoms with E-state index in [9.17, 15) is 4.79 Å². The van der Waals surface area contributed by atoms with Gasteiger partial charge in [-0.2, -0.15) is 0 Å². The fraction of sp³-hybridized carbons (Fsp3) is 0.214. The lowest BCUT2D eigenvalue weighted by Crippen LogP contribution is -2.22. The van der Waals surface area contributed by atoms with Crippen LogP contribution < -0.4 is 5.32 Å². The summed E-state index contributed by atoms with van der Waals surface area (Å²) in [5.41, 5.74) is 4.64. The molecule has 0 saturated carbocycles. The highest BCUT2D eigenvalue weighted by Gasteiger charge is 2.16. The molecule has 1 atom stereocenters. The number of rotatable bonds is 4. The third-order valence-corrected chi connectivity index (χ3v) is 4.92. The maximum atomic E-state index is 12.2. The zero-order chi connectivity index (χ0) is 14.8. The lowest BCUT2D eigenvalue weighted by Gasteiger charge is -2.10. The Labute approximate surface area is 130 Å². The minimum absolute atomic E-state index is 0.0400. The standard InChI is InChI=1S/C14H14N4OS2/c1-8-5-10-6-11(3-4-12(10)16-8)17-13(19)9(2)21-14-18-15-7-20-14/h3-7,9,16H,1-2H3,(H,17,19)/t9-/m0/s1. The van der Waals surface area contributed by atoms with Crippen LogP contribution in [0, 0.1) is 6.92 Å². The van der Waals surface area contributed by atoms with Gasteiger partial charge >= 0.3 is 0 Å². The van der Waals surface area contributed by atoms with E-state index in [1.54, 1.807) is 5.51 Å². The van der Waals surface area contributed by atoms with Gasteiger partial charge < -0.3 is 10.3 Å². The maximum absolute atomic E-state index is 12.2. The molecule has 0 aliphatic carbocycles. The Kier molecular flexibility index (Phi) is 3.94. The molecular formula is C14H14N4OS2. The zero-order valence-corrected chi connectivity index (χ0v) is 13.2. The number of H-pyrrole nitrogens is 1. The van der Waals surface area contributed by atoms with Gasteiger partial charge in [0.1, 0.15) is 5.51 Å². The molecule has 0 bridgehead atoms. The molecule has 2 aromatic heterocycles. The van der Waals surface area contributed by atoms with Gasteiger partial charge in [0.2, 0.25) is 5.91 Å². The molecule has 21 heavy (non-hydrogen) atoms. The molecule has 2 heterocycles.